The van der Waals surface area contributed by atoms with Crippen LogP contribution in [0.3, 0.4) is 0 Å². The fourth-order valence-electron chi connectivity index (χ4n) is 2.21. The number of nitrogens with one attached hydrogen (secondary N) is 1. The van der Waals surface area contributed by atoms with Gasteiger partial charge < -0.3 is 10.4 Å². The third kappa shape index (κ3) is 4.90. The minimum atomic E-state index is -1.13. The Kier molecular flexibility index (Phi) is 5.93. The van der Waals surface area contributed by atoms with Crippen molar-refractivity contribution in [1.29, 1.82) is 0 Å². The number of aliphatic carboxylic acids is 1. The van der Waals surface area contributed by atoms with Crippen molar-refractivity contribution in [3.8, 4) is 11.3 Å². The Morgan fingerprint density at radius 2 is 1.84 bits per heavy atom. The number of hydrogen-bond acceptors (Lipinski definition) is 4. The number of benzene rings is 1. The molecule has 0 aliphatic carbocycles. The molecule has 0 radical (unpaired) electrons. The van der Waals surface area contributed by atoms with E-state index < -0.39 is 23.5 Å². The second kappa shape index (κ2) is 7.94. The average Bonchev–Trinajstić information content (AvgIpc) is 2.55. The highest BCUT2D eigenvalue weighted by Gasteiger charge is 2.23. The van der Waals surface area contributed by atoms with E-state index in [-0.39, 0.29) is 12.5 Å². The van der Waals surface area contributed by atoms with Gasteiger partial charge in [0.05, 0.1) is 5.69 Å². The second-order valence-electron chi connectivity index (χ2n) is 5.85. The first kappa shape index (κ1) is 18.7. The van der Waals surface area contributed by atoms with Crippen LogP contribution in [0.4, 0.5) is 0 Å². The minimum Gasteiger partial charge on any atom is -0.480 e. The van der Waals surface area contributed by atoms with Crippen molar-refractivity contribution >= 4 is 23.5 Å². The number of carboxylic acid groups (broad SMARTS) is 1. The third-order valence-electron chi connectivity index (χ3n) is 3.55. The molecule has 0 bridgehead atoms. The van der Waals surface area contributed by atoms with Gasteiger partial charge in [-0.05, 0) is 24.1 Å². The second-order valence-corrected chi connectivity index (χ2v) is 6.29. The summed E-state index contributed by atoms with van der Waals surface area (Å²) in [4.78, 5) is 35.2. The lowest BCUT2D eigenvalue weighted by Crippen LogP contribution is -2.46. The molecule has 0 saturated carbocycles. The number of rotatable bonds is 6. The molecule has 0 aliphatic heterocycles. The number of carbonyl (C=O) groups excluding carboxylic acids is 1. The lowest BCUT2D eigenvalue weighted by atomic mass is 10.1. The van der Waals surface area contributed by atoms with E-state index in [9.17, 15) is 14.4 Å². The highest BCUT2D eigenvalue weighted by atomic mass is 35.5. The number of carbonyl (C=O) groups is 2. The molecule has 2 N–H and O–H groups in total. The summed E-state index contributed by atoms with van der Waals surface area (Å²) in [6.07, 6.45) is 0. The topological polar surface area (TPSA) is 101 Å². The van der Waals surface area contributed by atoms with Crippen molar-refractivity contribution in [2.24, 2.45) is 5.92 Å². The summed E-state index contributed by atoms with van der Waals surface area (Å²) in [5.41, 5.74) is 0.788. The van der Waals surface area contributed by atoms with Gasteiger partial charge in [-0.1, -0.05) is 37.6 Å². The molecular weight excluding hydrogens is 346 g/mol. The molecular formula is C17H18ClN3O4. The van der Waals surface area contributed by atoms with E-state index in [0.717, 1.165) is 10.2 Å². The van der Waals surface area contributed by atoms with Gasteiger partial charge in [-0.15, -0.1) is 0 Å². The van der Waals surface area contributed by atoms with Gasteiger partial charge in [0, 0.05) is 16.7 Å². The van der Waals surface area contributed by atoms with Gasteiger partial charge in [0.1, 0.15) is 12.6 Å². The maximum Gasteiger partial charge on any atom is 0.326 e. The van der Waals surface area contributed by atoms with Crippen LogP contribution in [0.25, 0.3) is 11.3 Å². The number of halogens is 1. The fraction of sp³-hybridized carbons (Fsp3) is 0.294. The Morgan fingerprint density at radius 1 is 1.20 bits per heavy atom. The third-order valence-corrected chi connectivity index (χ3v) is 3.80. The van der Waals surface area contributed by atoms with E-state index in [2.05, 4.69) is 10.4 Å². The van der Waals surface area contributed by atoms with Crippen LogP contribution < -0.4 is 10.9 Å². The van der Waals surface area contributed by atoms with E-state index in [1.165, 1.54) is 6.07 Å². The van der Waals surface area contributed by atoms with Gasteiger partial charge in [0.2, 0.25) is 5.91 Å². The molecule has 1 heterocycles. The Labute approximate surface area is 149 Å². The number of carboxylic acids is 1. The van der Waals surface area contributed by atoms with Gasteiger partial charge in [-0.2, -0.15) is 5.10 Å². The Bertz CT molecular complexity index is 831. The first-order valence-electron chi connectivity index (χ1n) is 7.64. The molecule has 0 unspecified atom stereocenters. The predicted molar refractivity (Wildman–Crippen MR) is 93.3 cm³/mol. The van der Waals surface area contributed by atoms with E-state index in [1.807, 2.05) is 0 Å². The van der Waals surface area contributed by atoms with Crippen molar-refractivity contribution < 1.29 is 14.7 Å². The maximum absolute atomic E-state index is 12.1. The number of nitrogens with zero attached hydrogens (tertiary/aromatic N) is 2. The monoisotopic (exact) mass is 363 g/mol. The van der Waals surface area contributed by atoms with Crippen molar-refractivity contribution in [1.82, 2.24) is 15.1 Å². The van der Waals surface area contributed by atoms with Crippen LogP contribution in [-0.4, -0.2) is 32.8 Å². The van der Waals surface area contributed by atoms with Gasteiger partial charge >= 0.3 is 5.97 Å². The smallest absolute Gasteiger partial charge is 0.326 e. The van der Waals surface area contributed by atoms with Crippen LogP contribution in [0.15, 0.2) is 41.2 Å². The zero-order valence-corrected chi connectivity index (χ0v) is 14.5. The first-order valence-corrected chi connectivity index (χ1v) is 8.02. The first-order chi connectivity index (χ1) is 11.8. The molecule has 1 aromatic heterocycles. The molecule has 0 spiro atoms. The van der Waals surface area contributed by atoms with Crippen molar-refractivity contribution in [2.75, 3.05) is 0 Å². The summed E-state index contributed by atoms with van der Waals surface area (Å²) in [6, 6.07) is 8.72. The lowest BCUT2D eigenvalue weighted by Gasteiger charge is -2.18. The molecule has 0 aliphatic rings. The van der Waals surface area contributed by atoms with Crippen LogP contribution >= 0.6 is 11.6 Å². The normalized spacial score (nSPS) is 12.0. The Morgan fingerprint density at radius 3 is 2.40 bits per heavy atom. The van der Waals surface area contributed by atoms with Crippen molar-refractivity contribution in [3.05, 3.63) is 51.8 Å². The number of aromatic nitrogens is 2. The zero-order chi connectivity index (χ0) is 18.6. The molecule has 0 saturated heterocycles. The van der Waals surface area contributed by atoms with Crippen molar-refractivity contribution in [2.45, 2.75) is 26.4 Å². The summed E-state index contributed by atoms with van der Waals surface area (Å²) in [6.45, 7) is 3.01. The molecule has 0 fully saturated rings. The fourth-order valence-corrected chi connectivity index (χ4v) is 2.33. The quantitative estimate of drug-likeness (QED) is 0.814. The minimum absolute atomic E-state index is 0.286. The molecule has 7 nitrogen and oxygen atoms in total. The standard InChI is InChI=1S/C17H18ClN3O4/c1-10(2)16(17(24)25)19-14(22)9-21-15(23)8-7-13(20-21)11-3-5-12(18)6-4-11/h3-8,10,16H,9H2,1-2H3,(H,19,22)(H,24,25)/t16-/m1/s1. The molecule has 1 amide bonds. The zero-order valence-electron chi connectivity index (χ0n) is 13.8. The van der Waals surface area contributed by atoms with E-state index in [0.29, 0.717) is 10.7 Å². The maximum atomic E-state index is 12.1. The van der Waals surface area contributed by atoms with Crippen LogP contribution in [0.2, 0.25) is 5.02 Å². The average molecular weight is 364 g/mol. The largest absolute Gasteiger partial charge is 0.480 e. The van der Waals surface area contributed by atoms with Gasteiger partial charge in [-0.3, -0.25) is 9.59 Å². The molecule has 1 atom stereocenters. The van der Waals surface area contributed by atoms with E-state index in [1.54, 1.807) is 44.2 Å². The van der Waals surface area contributed by atoms with Crippen molar-refractivity contribution in [3.63, 3.8) is 0 Å². The van der Waals surface area contributed by atoms with Gasteiger partial charge in [0.25, 0.3) is 5.56 Å². The van der Waals surface area contributed by atoms with Crippen LogP contribution in [0.5, 0.6) is 0 Å². The predicted octanol–water partition coefficient (Wildman–Crippen LogP) is 1.79. The highest BCUT2D eigenvalue weighted by molar-refractivity contribution is 6.30. The van der Waals surface area contributed by atoms with Crippen LogP contribution in [-0.2, 0) is 16.1 Å². The molecule has 2 aromatic rings. The lowest BCUT2D eigenvalue weighted by molar-refractivity contribution is -0.143. The SMILES string of the molecule is CC(C)[C@@H](NC(=O)Cn1nc(-c2ccc(Cl)cc2)ccc1=O)C(=O)O. The summed E-state index contributed by atoms with van der Waals surface area (Å²) < 4.78 is 0.999. The molecule has 132 valence electrons. The highest BCUT2D eigenvalue weighted by Crippen LogP contribution is 2.18. The van der Waals surface area contributed by atoms with Gasteiger partial charge in [0.15, 0.2) is 0 Å². The van der Waals surface area contributed by atoms with Crippen LogP contribution in [0.1, 0.15) is 13.8 Å². The molecule has 1 aromatic carbocycles. The number of amides is 1. The summed E-state index contributed by atoms with van der Waals surface area (Å²) in [5.74, 6) is -2.01. The number of hydrogen-bond donors (Lipinski definition) is 2. The molecule has 2 rings (SSSR count). The Balaban J connectivity index is 2.20. The molecule has 25 heavy (non-hydrogen) atoms. The van der Waals surface area contributed by atoms with E-state index in [4.69, 9.17) is 16.7 Å². The summed E-state index contributed by atoms with van der Waals surface area (Å²) in [7, 11) is 0. The summed E-state index contributed by atoms with van der Waals surface area (Å²) >= 11 is 5.85. The van der Waals surface area contributed by atoms with Crippen LogP contribution in [0, 0.1) is 5.92 Å². The summed E-state index contributed by atoms with van der Waals surface area (Å²) in [5, 5.41) is 16.3. The Hall–Kier alpha value is -2.67. The van der Waals surface area contributed by atoms with E-state index >= 15 is 0 Å². The molecule has 8 heteroatoms. The van der Waals surface area contributed by atoms with Gasteiger partial charge in [-0.25, -0.2) is 9.48 Å².